The number of hydrogen-bond acceptors (Lipinski definition) is 6. The van der Waals surface area contributed by atoms with Gasteiger partial charge in [0.1, 0.15) is 16.2 Å². The predicted molar refractivity (Wildman–Crippen MR) is 116 cm³/mol. The van der Waals surface area contributed by atoms with E-state index in [-0.39, 0.29) is 5.91 Å². The number of carbonyl (C=O) groups excluding carboxylic acids is 1. The number of rotatable bonds is 5. The molecule has 1 amide bonds. The molecule has 1 aliphatic rings. The number of hydrogen-bond donors (Lipinski definition) is 0. The van der Waals surface area contributed by atoms with E-state index in [0.29, 0.717) is 5.75 Å². The first kappa shape index (κ1) is 19.4. The number of nitrogens with zero attached hydrogens (tertiary/aromatic N) is 4. The van der Waals surface area contributed by atoms with Crippen LogP contribution >= 0.6 is 23.1 Å². The summed E-state index contributed by atoms with van der Waals surface area (Å²) in [5.74, 6) is 0.625. The molecule has 3 heterocycles. The van der Waals surface area contributed by atoms with E-state index in [1.165, 1.54) is 27.8 Å². The van der Waals surface area contributed by atoms with Crippen LogP contribution in [0.5, 0.6) is 0 Å². The number of aromatic nitrogens is 2. The van der Waals surface area contributed by atoms with Crippen LogP contribution in [0.25, 0.3) is 10.2 Å². The van der Waals surface area contributed by atoms with Crippen LogP contribution in [0.3, 0.4) is 0 Å². The van der Waals surface area contributed by atoms with Gasteiger partial charge < -0.3 is 4.90 Å². The number of amides is 1. The first-order valence-electron chi connectivity index (χ1n) is 9.49. The molecule has 0 spiro atoms. The number of carbonyl (C=O) groups is 1. The molecule has 1 aliphatic heterocycles. The van der Waals surface area contributed by atoms with E-state index in [2.05, 4.69) is 53.0 Å². The second-order valence-corrected chi connectivity index (χ2v) is 9.24. The Hall–Kier alpha value is -1.96. The Labute approximate surface area is 173 Å². The minimum Gasteiger partial charge on any atom is -0.339 e. The third kappa shape index (κ3) is 4.21. The third-order valence-electron chi connectivity index (χ3n) is 5.24. The van der Waals surface area contributed by atoms with E-state index in [9.17, 15) is 4.79 Å². The lowest BCUT2D eigenvalue weighted by Gasteiger charge is -2.34. The molecule has 0 saturated carbocycles. The fourth-order valence-electron chi connectivity index (χ4n) is 3.48. The summed E-state index contributed by atoms with van der Waals surface area (Å²) in [4.78, 5) is 28.2. The van der Waals surface area contributed by atoms with Gasteiger partial charge >= 0.3 is 0 Å². The van der Waals surface area contributed by atoms with Crippen molar-refractivity contribution in [2.45, 2.75) is 25.4 Å². The van der Waals surface area contributed by atoms with Gasteiger partial charge in [-0.25, -0.2) is 9.97 Å². The molecule has 0 atom stereocenters. The fourth-order valence-corrected chi connectivity index (χ4v) is 5.50. The summed E-state index contributed by atoms with van der Waals surface area (Å²) >= 11 is 3.22. The molecule has 1 fully saturated rings. The summed E-state index contributed by atoms with van der Waals surface area (Å²) in [5, 5.41) is 2.03. The largest absolute Gasteiger partial charge is 0.339 e. The molecule has 3 aromatic rings. The van der Waals surface area contributed by atoms with Crippen LogP contribution in [-0.4, -0.2) is 57.6 Å². The number of thioether (sulfide) groups is 1. The van der Waals surface area contributed by atoms with Gasteiger partial charge in [0, 0.05) is 43.0 Å². The van der Waals surface area contributed by atoms with Crippen molar-refractivity contribution in [3.8, 4) is 0 Å². The molecule has 0 bridgehead atoms. The summed E-state index contributed by atoms with van der Waals surface area (Å²) in [7, 11) is 0. The predicted octanol–water partition coefficient (Wildman–Crippen LogP) is 3.74. The van der Waals surface area contributed by atoms with Crippen LogP contribution in [-0.2, 0) is 11.3 Å². The van der Waals surface area contributed by atoms with E-state index < -0.39 is 0 Å². The molecular weight excluding hydrogens is 388 g/mol. The minimum atomic E-state index is 0.195. The topological polar surface area (TPSA) is 49.3 Å². The monoisotopic (exact) mass is 412 g/mol. The molecule has 0 aliphatic carbocycles. The van der Waals surface area contributed by atoms with Gasteiger partial charge in [0.15, 0.2) is 0 Å². The highest BCUT2D eigenvalue weighted by Crippen LogP contribution is 2.34. The molecule has 146 valence electrons. The molecule has 0 unspecified atom stereocenters. The average Bonchev–Trinajstić information content (AvgIpc) is 3.02. The Morgan fingerprint density at radius 1 is 1.11 bits per heavy atom. The maximum atomic E-state index is 12.7. The third-order valence-corrected chi connectivity index (χ3v) is 7.33. The van der Waals surface area contributed by atoms with Crippen molar-refractivity contribution in [3.63, 3.8) is 0 Å². The highest BCUT2D eigenvalue weighted by molar-refractivity contribution is 8.00. The van der Waals surface area contributed by atoms with E-state index in [4.69, 9.17) is 0 Å². The number of thiophene rings is 1. The lowest BCUT2D eigenvalue weighted by molar-refractivity contribution is -0.130. The zero-order valence-electron chi connectivity index (χ0n) is 16.2. The second-order valence-electron chi connectivity index (χ2n) is 7.07. The summed E-state index contributed by atoms with van der Waals surface area (Å²) in [6.07, 6.45) is 1.60. The van der Waals surface area contributed by atoms with Crippen molar-refractivity contribution in [1.29, 1.82) is 0 Å². The first-order valence-corrected chi connectivity index (χ1v) is 11.3. The molecule has 5 nitrogen and oxygen atoms in total. The average molecular weight is 413 g/mol. The molecule has 7 heteroatoms. The van der Waals surface area contributed by atoms with Gasteiger partial charge in [-0.2, -0.15) is 0 Å². The summed E-state index contributed by atoms with van der Waals surface area (Å²) in [6.45, 7) is 8.60. The fraction of sp³-hybridized carbons (Fsp3) is 0.381. The van der Waals surface area contributed by atoms with Gasteiger partial charge in [-0.05, 0) is 25.0 Å². The van der Waals surface area contributed by atoms with Crippen LogP contribution in [0.2, 0.25) is 0 Å². The standard InChI is InChI=1S/C21H24N4OS2/c1-15-16(2)28-21-19(15)20(22-14-23-21)27-13-18(26)25-10-8-24(9-11-25)12-17-6-4-3-5-7-17/h3-7,14H,8-13H2,1-2H3. The minimum absolute atomic E-state index is 0.195. The van der Waals surface area contributed by atoms with Crippen LogP contribution in [0.4, 0.5) is 0 Å². The Morgan fingerprint density at radius 3 is 2.61 bits per heavy atom. The van der Waals surface area contributed by atoms with E-state index in [0.717, 1.165) is 48.0 Å². The molecule has 28 heavy (non-hydrogen) atoms. The van der Waals surface area contributed by atoms with Crippen molar-refractivity contribution in [2.75, 3.05) is 31.9 Å². The van der Waals surface area contributed by atoms with Gasteiger partial charge in [0.2, 0.25) is 5.91 Å². The lowest BCUT2D eigenvalue weighted by atomic mass is 10.2. The van der Waals surface area contributed by atoms with Crippen molar-refractivity contribution in [3.05, 3.63) is 52.7 Å². The van der Waals surface area contributed by atoms with Gasteiger partial charge in [-0.3, -0.25) is 9.69 Å². The molecule has 2 aromatic heterocycles. The van der Waals surface area contributed by atoms with Gasteiger partial charge in [-0.1, -0.05) is 42.1 Å². The smallest absolute Gasteiger partial charge is 0.233 e. The zero-order chi connectivity index (χ0) is 19.5. The van der Waals surface area contributed by atoms with Crippen LogP contribution in [0.15, 0.2) is 41.7 Å². The van der Waals surface area contributed by atoms with Crippen molar-refractivity contribution >= 4 is 39.2 Å². The van der Waals surface area contributed by atoms with Gasteiger partial charge in [-0.15, -0.1) is 11.3 Å². The Balaban J connectivity index is 1.32. The Bertz CT molecular complexity index is 965. The normalized spacial score (nSPS) is 15.3. The summed E-state index contributed by atoms with van der Waals surface area (Å²) < 4.78 is 0. The van der Waals surface area contributed by atoms with Crippen LogP contribution in [0, 0.1) is 13.8 Å². The number of fused-ring (bicyclic) bond motifs is 1. The van der Waals surface area contributed by atoms with Crippen molar-refractivity contribution in [2.24, 2.45) is 0 Å². The molecule has 1 saturated heterocycles. The van der Waals surface area contributed by atoms with E-state index in [1.54, 1.807) is 17.7 Å². The van der Waals surface area contributed by atoms with Crippen molar-refractivity contribution < 1.29 is 4.79 Å². The number of piperazine rings is 1. The quantitative estimate of drug-likeness (QED) is 0.472. The van der Waals surface area contributed by atoms with Crippen molar-refractivity contribution in [1.82, 2.24) is 19.8 Å². The maximum absolute atomic E-state index is 12.7. The van der Waals surface area contributed by atoms with E-state index >= 15 is 0 Å². The summed E-state index contributed by atoms with van der Waals surface area (Å²) in [6, 6.07) is 10.5. The molecule has 0 N–H and O–H groups in total. The molecule has 4 rings (SSSR count). The Kier molecular flexibility index (Phi) is 5.94. The van der Waals surface area contributed by atoms with Crippen LogP contribution in [0.1, 0.15) is 16.0 Å². The highest BCUT2D eigenvalue weighted by atomic mass is 32.2. The number of aryl methyl sites for hydroxylation is 2. The zero-order valence-corrected chi connectivity index (χ0v) is 17.9. The maximum Gasteiger partial charge on any atom is 0.233 e. The summed E-state index contributed by atoms with van der Waals surface area (Å²) in [5.41, 5.74) is 2.55. The highest BCUT2D eigenvalue weighted by Gasteiger charge is 2.22. The van der Waals surface area contributed by atoms with E-state index in [1.807, 2.05) is 11.0 Å². The molecule has 1 aromatic carbocycles. The second kappa shape index (κ2) is 8.59. The lowest BCUT2D eigenvalue weighted by Crippen LogP contribution is -2.48. The van der Waals surface area contributed by atoms with Gasteiger partial charge in [0.05, 0.1) is 5.75 Å². The van der Waals surface area contributed by atoms with Crippen LogP contribution < -0.4 is 0 Å². The SMILES string of the molecule is Cc1sc2ncnc(SCC(=O)N3CCN(Cc4ccccc4)CC3)c2c1C. The number of benzene rings is 1. The Morgan fingerprint density at radius 2 is 1.86 bits per heavy atom. The molecule has 0 radical (unpaired) electrons. The first-order chi connectivity index (χ1) is 13.6. The molecular formula is C21H24N4OS2. The van der Waals surface area contributed by atoms with Gasteiger partial charge in [0.25, 0.3) is 0 Å².